The second-order valence-electron chi connectivity index (χ2n) is 7.60. The first kappa shape index (κ1) is 23.7. The summed E-state index contributed by atoms with van der Waals surface area (Å²) < 4.78 is 34.0. The summed E-state index contributed by atoms with van der Waals surface area (Å²) in [5.41, 5.74) is 7.47. The van der Waals surface area contributed by atoms with Crippen LogP contribution >= 0.6 is 0 Å². The minimum atomic E-state index is -4.94. The van der Waals surface area contributed by atoms with E-state index in [0.717, 1.165) is 0 Å². The van der Waals surface area contributed by atoms with Crippen LogP contribution in [0.15, 0.2) is 121 Å². The van der Waals surface area contributed by atoms with Gasteiger partial charge in [0.2, 0.25) is 0 Å². The predicted molar refractivity (Wildman–Crippen MR) is 120 cm³/mol. The molecule has 1 heterocycles. The zero-order chi connectivity index (χ0) is 24.0. The third kappa shape index (κ3) is 5.89. The van der Waals surface area contributed by atoms with Gasteiger partial charge >= 0.3 is 0 Å². The maximum absolute atomic E-state index is 8.49. The molecule has 7 heteroatoms. The van der Waals surface area contributed by atoms with Crippen molar-refractivity contribution in [3.8, 4) is 0 Å². The molecule has 34 heavy (non-hydrogen) atoms. The molecule has 4 aromatic carbocycles. The van der Waals surface area contributed by atoms with Crippen LogP contribution < -0.4 is 28.9 Å². The van der Waals surface area contributed by atoms with Crippen LogP contribution in [0.25, 0.3) is 11.4 Å². The van der Waals surface area contributed by atoms with Crippen molar-refractivity contribution in [1.82, 2.24) is 0 Å². The summed E-state index contributed by atoms with van der Waals surface area (Å²) in [5.74, 6) is 0. The number of nitrogens with zero attached hydrogens (tertiary/aromatic N) is 1. The molecule has 4 aromatic rings. The van der Waals surface area contributed by atoms with Gasteiger partial charge in [-0.2, -0.15) is 0 Å². The Hall–Kier alpha value is -3.49. The first-order valence-corrected chi connectivity index (χ1v) is 11.9. The lowest BCUT2D eigenvalue weighted by Crippen LogP contribution is -2.82. The number of hydrogen-bond acceptors (Lipinski definition) is 5. The van der Waals surface area contributed by atoms with Crippen molar-refractivity contribution in [1.29, 1.82) is 0 Å². The molecule has 2 N–H and O–H groups in total. The van der Waals surface area contributed by atoms with Gasteiger partial charge in [-0.05, 0) is 24.3 Å². The summed E-state index contributed by atoms with van der Waals surface area (Å²) in [6.45, 7) is 0. The third-order valence-corrected chi connectivity index (χ3v) is 5.41. The number of benzene rings is 4. The number of hydrogen-bond donors (Lipinski definition) is 1. The van der Waals surface area contributed by atoms with Gasteiger partial charge in [0, 0.05) is 22.4 Å². The Kier molecular flexibility index (Phi) is 7.40. The molecule has 0 saturated carbocycles. The van der Waals surface area contributed by atoms with Crippen LogP contribution in [0.1, 0.15) is 22.9 Å². The molecule has 0 amide bonds. The normalized spacial score (nSPS) is 15.6. The van der Waals surface area contributed by atoms with Crippen molar-refractivity contribution >= 4 is 17.1 Å². The molecule has 0 spiro atoms. The number of para-hydroxylation sites is 1. The van der Waals surface area contributed by atoms with Crippen molar-refractivity contribution in [3.05, 3.63) is 138 Å². The molecule has 0 radical (unpaired) electrons. The zero-order valence-corrected chi connectivity index (χ0v) is 18.9. The third-order valence-electron chi connectivity index (χ3n) is 5.41. The average molecular weight is 475 g/mol. The van der Waals surface area contributed by atoms with Crippen LogP contribution in [0.5, 0.6) is 0 Å². The lowest BCUT2D eigenvalue weighted by atomic mass is 10.0. The van der Waals surface area contributed by atoms with Crippen LogP contribution in [-0.4, -0.2) is 0 Å². The van der Waals surface area contributed by atoms with Gasteiger partial charge in [-0.1, -0.05) is 97.1 Å². The number of nitrogens with two attached hydrogens (primary N) is 1. The molecule has 1 atom stereocenters. The molecule has 0 aliphatic carbocycles. The van der Waals surface area contributed by atoms with E-state index in [2.05, 4.69) is 132 Å². The van der Waals surface area contributed by atoms with E-state index in [1.54, 1.807) is 0 Å². The summed E-state index contributed by atoms with van der Waals surface area (Å²) in [4.78, 5) is 2.47. The lowest BCUT2D eigenvalue weighted by molar-refractivity contribution is -2.00. The fourth-order valence-corrected chi connectivity index (χ4v) is 4.10. The summed E-state index contributed by atoms with van der Waals surface area (Å²) in [6, 6.07) is 42.9. The second kappa shape index (κ2) is 10.6. The monoisotopic (exact) mass is 474 g/mol. The maximum atomic E-state index is 8.49. The minimum absolute atomic E-state index is 0.143. The van der Waals surface area contributed by atoms with Gasteiger partial charge in [-0.25, -0.2) is 18.6 Å². The topological polar surface area (TPSA) is 112 Å². The van der Waals surface area contributed by atoms with Crippen molar-refractivity contribution < 1.29 is 34.2 Å². The van der Waals surface area contributed by atoms with Crippen molar-refractivity contribution in [2.24, 2.45) is 0 Å². The smallest absolute Gasteiger partial charge is 0.197 e. The Balaban J connectivity index is 0.000000499. The van der Waals surface area contributed by atoms with Crippen molar-refractivity contribution in [2.45, 2.75) is 6.17 Å². The van der Waals surface area contributed by atoms with Gasteiger partial charge in [-0.15, -0.1) is 10.2 Å². The van der Waals surface area contributed by atoms with E-state index in [0.29, 0.717) is 0 Å². The molecule has 1 unspecified atom stereocenters. The number of rotatable bonds is 4. The first-order valence-electron chi connectivity index (χ1n) is 10.6. The largest absolute Gasteiger partial charge is 0.288 e. The Bertz CT molecular complexity index is 1210. The average Bonchev–Trinajstić information content (AvgIpc) is 3.26. The highest BCUT2D eigenvalue weighted by atomic mass is 35.7. The fourth-order valence-electron chi connectivity index (χ4n) is 4.10. The maximum Gasteiger partial charge on any atom is 0.197 e. The van der Waals surface area contributed by atoms with Gasteiger partial charge in [-0.3, -0.25) is 10.2 Å². The van der Waals surface area contributed by atoms with Crippen molar-refractivity contribution in [2.75, 3.05) is 4.90 Å². The van der Waals surface area contributed by atoms with Gasteiger partial charge < -0.3 is 0 Å². The standard InChI is InChI=1S/C27H22N2.ClHO4/c1-5-13-21(14-6-1)25-26(22-15-7-2-8-16-22)29(24-19-11-4-12-20-24)27(28-25)23-17-9-3-10-18-23;2-1(3,4)5/h1-20,27-28H;(H,2,3,4,5). The van der Waals surface area contributed by atoms with Crippen LogP contribution in [0.3, 0.4) is 0 Å². The zero-order valence-electron chi connectivity index (χ0n) is 18.2. The Morgan fingerprint density at radius 1 is 0.559 bits per heavy atom. The second-order valence-corrected chi connectivity index (χ2v) is 8.36. The molecule has 172 valence electrons. The van der Waals surface area contributed by atoms with E-state index in [1.165, 1.54) is 33.8 Å². The van der Waals surface area contributed by atoms with Crippen molar-refractivity contribution in [3.63, 3.8) is 0 Å². The van der Waals surface area contributed by atoms with Crippen LogP contribution in [0.2, 0.25) is 0 Å². The van der Waals surface area contributed by atoms with E-state index in [9.17, 15) is 0 Å². The highest BCUT2D eigenvalue weighted by Gasteiger charge is 2.39. The molecule has 1 aliphatic rings. The Morgan fingerprint density at radius 3 is 1.47 bits per heavy atom. The Morgan fingerprint density at radius 2 is 0.971 bits per heavy atom. The summed E-state index contributed by atoms with van der Waals surface area (Å²) >= 11 is 0. The van der Waals surface area contributed by atoms with Gasteiger partial charge in [0.1, 0.15) is 5.70 Å². The molecule has 1 aliphatic heterocycles. The number of anilines is 1. The van der Waals surface area contributed by atoms with E-state index in [1.807, 2.05) is 0 Å². The van der Waals surface area contributed by atoms with E-state index in [4.69, 9.17) is 18.6 Å². The predicted octanol–water partition coefficient (Wildman–Crippen LogP) is 0.539. The van der Waals surface area contributed by atoms with Crippen LogP contribution in [-0.2, 0) is 0 Å². The molecule has 5 rings (SSSR count). The highest BCUT2D eigenvalue weighted by Crippen LogP contribution is 2.39. The highest BCUT2D eigenvalue weighted by molar-refractivity contribution is 5.95. The SMILES string of the molecule is [O-][Cl+3]([O-])([O-])[O-].c1ccc(C2=C(c3ccccc3)N(c3ccccc3)C(c3ccccc3)[NH2+]2)cc1. The molecule has 0 fully saturated rings. The summed E-state index contributed by atoms with van der Waals surface area (Å²) in [5, 5.41) is 2.40. The molecule has 0 bridgehead atoms. The van der Waals surface area contributed by atoms with E-state index >= 15 is 0 Å². The van der Waals surface area contributed by atoms with Crippen LogP contribution in [0.4, 0.5) is 5.69 Å². The van der Waals surface area contributed by atoms with E-state index in [-0.39, 0.29) is 6.17 Å². The molecular formula is C27H23ClN2O4. The van der Waals surface area contributed by atoms with Gasteiger partial charge in [0.25, 0.3) is 0 Å². The van der Waals surface area contributed by atoms with Crippen LogP contribution in [0, 0.1) is 10.2 Å². The van der Waals surface area contributed by atoms with E-state index < -0.39 is 10.2 Å². The number of quaternary nitrogens is 1. The quantitative estimate of drug-likeness (QED) is 0.464. The summed E-state index contributed by atoms with van der Waals surface area (Å²) in [6.07, 6.45) is 0.143. The molecule has 6 nitrogen and oxygen atoms in total. The molecular weight excluding hydrogens is 452 g/mol. The lowest BCUT2D eigenvalue weighted by Gasteiger charge is -2.26. The summed E-state index contributed by atoms with van der Waals surface area (Å²) in [7, 11) is -4.94. The first-order chi connectivity index (χ1) is 16.4. The Labute approximate surface area is 200 Å². The van der Waals surface area contributed by atoms with Gasteiger partial charge in [0.05, 0.1) is 0 Å². The fraction of sp³-hybridized carbons (Fsp3) is 0.0370. The molecule has 0 saturated heterocycles. The van der Waals surface area contributed by atoms with Gasteiger partial charge in [0.15, 0.2) is 11.9 Å². The molecule has 0 aromatic heterocycles. The minimum Gasteiger partial charge on any atom is -0.288 e. The number of halogens is 1.